The largest absolute Gasteiger partial charge is 0.481 e. The molecule has 0 amide bonds. The van der Waals surface area contributed by atoms with Crippen molar-refractivity contribution in [2.75, 3.05) is 0 Å². The highest BCUT2D eigenvalue weighted by Crippen LogP contribution is 2.17. The summed E-state index contributed by atoms with van der Waals surface area (Å²) >= 11 is 0. The summed E-state index contributed by atoms with van der Waals surface area (Å²) in [5, 5.41) is 8.80. The molecule has 4 nitrogen and oxygen atoms in total. The number of carbonyl (C=O) groups is 2. The smallest absolute Gasteiger partial charge is 0.306 e. The Morgan fingerprint density at radius 2 is 1.14 bits per heavy atom. The average molecular weight is 517 g/mol. The van der Waals surface area contributed by atoms with E-state index in [1.54, 1.807) is 0 Å². The van der Waals surface area contributed by atoms with Crippen LogP contribution in [0.5, 0.6) is 0 Å². The van der Waals surface area contributed by atoms with Crippen LogP contribution in [0, 0.1) is 0 Å². The fourth-order valence-corrected chi connectivity index (χ4v) is 4.11. The summed E-state index contributed by atoms with van der Waals surface area (Å²) in [6, 6.07) is 0. The second kappa shape index (κ2) is 28.5. The van der Waals surface area contributed by atoms with Gasteiger partial charge in [0.1, 0.15) is 6.10 Å². The Morgan fingerprint density at radius 3 is 1.73 bits per heavy atom. The number of carboxylic acid groups (broad SMARTS) is 1. The zero-order valence-electron chi connectivity index (χ0n) is 24.0. The van der Waals surface area contributed by atoms with Gasteiger partial charge in [-0.2, -0.15) is 0 Å². The van der Waals surface area contributed by atoms with E-state index in [2.05, 4.69) is 62.5 Å². The van der Waals surface area contributed by atoms with Crippen LogP contribution in [0.2, 0.25) is 0 Å². The maximum absolute atomic E-state index is 12.4. The summed E-state index contributed by atoms with van der Waals surface area (Å²) in [5.41, 5.74) is 0. The molecular weight excluding hydrogens is 460 g/mol. The minimum atomic E-state index is -0.736. The first-order valence-electron chi connectivity index (χ1n) is 15.1. The van der Waals surface area contributed by atoms with Gasteiger partial charge in [-0.25, -0.2) is 0 Å². The van der Waals surface area contributed by atoms with Gasteiger partial charge in [0.15, 0.2) is 0 Å². The van der Waals surface area contributed by atoms with Gasteiger partial charge in [-0.15, -0.1) is 0 Å². The molecule has 0 heterocycles. The Morgan fingerprint density at radius 1 is 0.622 bits per heavy atom. The van der Waals surface area contributed by atoms with Crippen molar-refractivity contribution in [2.24, 2.45) is 0 Å². The van der Waals surface area contributed by atoms with Gasteiger partial charge in [0.05, 0.1) is 0 Å². The van der Waals surface area contributed by atoms with Crippen LogP contribution < -0.4 is 0 Å². The zero-order chi connectivity index (χ0) is 27.2. The Hall–Kier alpha value is -2.10. The molecule has 0 aromatic carbocycles. The normalized spacial score (nSPS) is 12.9. The lowest BCUT2D eigenvalue weighted by Crippen LogP contribution is -2.18. The number of aliphatic carboxylic acids is 1. The molecule has 0 aromatic rings. The number of hydrogen-bond donors (Lipinski definition) is 1. The minimum absolute atomic E-state index is 0.0159. The van der Waals surface area contributed by atoms with Gasteiger partial charge in [-0.3, -0.25) is 9.59 Å². The average Bonchev–Trinajstić information content (AvgIpc) is 2.87. The molecule has 4 heteroatoms. The lowest BCUT2D eigenvalue weighted by atomic mass is 10.0. The van der Waals surface area contributed by atoms with E-state index < -0.39 is 5.97 Å². The highest BCUT2D eigenvalue weighted by atomic mass is 16.5. The van der Waals surface area contributed by atoms with Gasteiger partial charge in [0.25, 0.3) is 0 Å². The quantitative estimate of drug-likeness (QED) is 0.0705. The predicted octanol–water partition coefficient (Wildman–Crippen LogP) is 10.0. The molecule has 0 radical (unpaired) electrons. The fourth-order valence-electron chi connectivity index (χ4n) is 4.11. The molecule has 0 aliphatic heterocycles. The molecule has 212 valence electrons. The van der Waals surface area contributed by atoms with Crippen LogP contribution in [0.3, 0.4) is 0 Å². The molecule has 0 saturated heterocycles. The maximum atomic E-state index is 12.4. The molecule has 0 aliphatic rings. The van der Waals surface area contributed by atoms with Crippen molar-refractivity contribution in [3.63, 3.8) is 0 Å². The first kappa shape index (κ1) is 34.9. The zero-order valence-corrected chi connectivity index (χ0v) is 24.0. The summed E-state index contributed by atoms with van der Waals surface area (Å²) in [4.78, 5) is 23.1. The van der Waals surface area contributed by atoms with Gasteiger partial charge >= 0.3 is 11.9 Å². The van der Waals surface area contributed by atoms with Gasteiger partial charge in [-0.05, 0) is 77.0 Å². The van der Waals surface area contributed by atoms with E-state index in [0.29, 0.717) is 12.8 Å². The Balaban J connectivity index is 4.04. The second-order valence-corrected chi connectivity index (χ2v) is 9.91. The van der Waals surface area contributed by atoms with Crippen LogP contribution in [0.15, 0.2) is 48.6 Å². The number of hydrogen-bond acceptors (Lipinski definition) is 3. The van der Waals surface area contributed by atoms with E-state index in [1.807, 2.05) is 0 Å². The summed E-state index contributed by atoms with van der Waals surface area (Å²) in [7, 11) is 0. The van der Waals surface area contributed by atoms with Crippen molar-refractivity contribution in [3.8, 4) is 0 Å². The SMILES string of the molecule is CC/C=C\C/C=C\C/C=C\C/C=C\CCCCC(=O)OC(CCCCCCCC)CCCCCC(=O)O. The van der Waals surface area contributed by atoms with E-state index in [1.165, 1.54) is 32.1 Å². The number of carboxylic acids is 1. The van der Waals surface area contributed by atoms with E-state index in [9.17, 15) is 9.59 Å². The molecule has 0 rings (SSSR count). The molecule has 0 bridgehead atoms. The van der Waals surface area contributed by atoms with Crippen LogP contribution >= 0.6 is 0 Å². The van der Waals surface area contributed by atoms with Crippen LogP contribution in [-0.2, 0) is 14.3 Å². The van der Waals surface area contributed by atoms with Crippen LogP contribution in [-0.4, -0.2) is 23.1 Å². The maximum Gasteiger partial charge on any atom is 0.306 e. The number of rotatable bonds is 26. The Kier molecular flexibility index (Phi) is 26.9. The van der Waals surface area contributed by atoms with Crippen molar-refractivity contribution in [2.45, 2.75) is 148 Å². The molecule has 1 atom stereocenters. The van der Waals surface area contributed by atoms with Crippen LogP contribution in [0.1, 0.15) is 142 Å². The molecule has 0 spiro atoms. The highest BCUT2D eigenvalue weighted by Gasteiger charge is 2.14. The molecule has 37 heavy (non-hydrogen) atoms. The van der Waals surface area contributed by atoms with E-state index in [0.717, 1.165) is 77.0 Å². The topological polar surface area (TPSA) is 63.6 Å². The Bertz CT molecular complexity index is 645. The fraction of sp³-hybridized carbons (Fsp3) is 0.697. The van der Waals surface area contributed by atoms with Gasteiger partial charge in [-0.1, -0.05) is 101 Å². The number of allylic oxidation sites excluding steroid dienone is 8. The van der Waals surface area contributed by atoms with Crippen molar-refractivity contribution in [1.82, 2.24) is 0 Å². The number of esters is 1. The third-order valence-corrected chi connectivity index (χ3v) is 6.32. The molecule has 0 fully saturated rings. The van der Waals surface area contributed by atoms with Crippen molar-refractivity contribution >= 4 is 11.9 Å². The summed E-state index contributed by atoms with van der Waals surface area (Å²) in [5.74, 6) is -0.813. The molecule has 1 N–H and O–H groups in total. The van der Waals surface area contributed by atoms with Crippen LogP contribution in [0.4, 0.5) is 0 Å². The minimum Gasteiger partial charge on any atom is -0.481 e. The molecular formula is C33H56O4. The molecule has 0 saturated carbocycles. The third kappa shape index (κ3) is 28.3. The Labute approximate surface area is 228 Å². The highest BCUT2D eigenvalue weighted by molar-refractivity contribution is 5.69. The van der Waals surface area contributed by atoms with Gasteiger partial charge in [0.2, 0.25) is 0 Å². The van der Waals surface area contributed by atoms with Crippen molar-refractivity contribution < 1.29 is 19.4 Å². The number of carbonyl (C=O) groups excluding carboxylic acids is 1. The summed E-state index contributed by atoms with van der Waals surface area (Å²) < 4.78 is 5.83. The second-order valence-electron chi connectivity index (χ2n) is 9.91. The molecule has 0 aromatic heterocycles. The summed E-state index contributed by atoms with van der Waals surface area (Å²) in [6.07, 6.45) is 36.9. The lowest BCUT2D eigenvalue weighted by Gasteiger charge is -2.18. The number of unbranched alkanes of at least 4 members (excludes halogenated alkanes) is 9. The van der Waals surface area contributed by atoms with E-state index in [4.69, 9.17) is 9.84 Å². The van der Waals surface area contributed by atoms with Crippen molar-refractivity contribution in [3.05, 3.63) is 48.6 Å². The van der Waals surface area contributed by atoms with Crippen molar-refractivity contribution in [1.29, 1.82) is 0 Å². The first-order chi connectivity index (χ1) is 18.1. The monoisotopic (exact) mass is 516 g/mol. The first-order valence-corrected chi connectivity index (χ1v) is 15.1. The molecule has 1 unspecified atom stereocenters. The third-order valence-electron chi connectivity index (χ3n) is 6.32. The molecule has 0 aliphatic carbocycles. The summed E-state index contributed by atoms with van der Waals surface area (Å²) in [6.45, 7) is 4.37. The van der Waals surface area contributed by atoms with Gasteiger partial charge in [0, 0.05) is 12.8 Å². The number of ether oxygens (including phenoxy) is 1. The predicted molar refractivity (Wildman–Crippen MR) is 158 cm³/mol. The van der Waals surface area contributed by atoms with E-state index >= 15 is 0 Å². The van der Waals surface area contributed by atoms with E-state index in [-0.39, 0.29) is 18.5 Å². The standard InChI is InChI=1S/C33H56O4/c1-3-5-7-9-11-12-13-14-15-16-17-18-19-21-26-30-33(36)37-31(27-23-20-10-8-6-4-2)28-24-22-25-29-32(34)35/h5,7,11-12,14-15,17-18,31H,3-4,6,8-10,13,16,19-30H2,1-2H3,(H,34,35)/b7-5-,12-11-,15-14-,18-17-. The van der Waals surface area contributed by atoms with Gasteiger partial charge < -0.3 is 9.84 Å². The lowest BCUT2D eigenvalue weighted by molar-refractivity contribution is -0.150. The van der Waals surface area contributed by atoms with Crippen LogP contribution in [0.25, 0.3) is 0 Å².